The van der Waals surface area contributed by atoms with E-state index in [4.69, 9.17) is 4.74 Å². The van der Waals surface area contributed by atoms with Crippen LogP contribution in [-0.4, -0.2) is 18.2 Å². The molecular weight excluding hydrogens is 236 g/mol. The van der Waals surface area contributed by atoms with E-state index >= 15 is 0 Å². The van der Waals surface area contributed by atoms with E-state index < -0.39 is 5.54 Å². The Morgan fingerprint density at radius 2 is 1.84 bits per heavy atom. The highest BCUT2D eigenvalue weighted by Crippen LogP contribution is 2.26. The first-order valence-corrected chi connectivity index (χ1v) is 6.67. The molecule has 0 saturated carbocycles. The van der Waals surface area contributed by atoms with Crippen molar-refractivity contribution in [2.45, 2.75) is 53.1 Å². The Kier molecular flexibility index (Phi) is 4.97. The maximum atomic E-state index is 9.31. The van der Waals surface area contributed by atoms with Gasteiger partial charge in [0.05, 0.1) is 6.07 Å². The lowest BCUT2D eigenvalue weighted by atomic mass is 10.0. The van der Waals surface area contributed by atoms with Crippen LogP contribution in [0.2, 0.25) is 0 Å². The van der Waals surface area contributed by atoms with Crippen LogP contribution < -0.4 is 10.1 Å². The summed E-state index contributed by atoms with van der Waals surface area (Å²) in [6.45, 7) is 12.4. The molecule has 1 unspecified atom stereocenters. The number of benzene rings is 1. The number of nitrogens with zero attached hydrogens (tertiary/aromatic N) is 1. The maximum Gasteiger partial charge on any atom is 0.138 e. The highest BCUT2D eigenvalue weighted by molar-refractivity contribution is 5.44. The van der Waals surface area contributed by atoms with Gasteiger partial charge < -0.3 is 4.74 Å². The summed E-state index contributed by atoms with van der Waals surface area (Å²) in [6, 6.07) is 6.68. The summed E-state index contributed by atoms with van der Waals surface area (Å²) < 4.78 is 5.92. The summed E-state index contributed by atoms with van der Waals surface area (Å²) in [4.78, 5) is 0. The van der Waals surface area contributed by atoms with Crippen LogP contribution in [0.25, 0.3) is 0 Å². The zero-order valence-electron chi connectivity index (χ0n) is 12.8. The van der Waals surface area contributed by atoms with Crippen LogP contribution in [0.1, 0.15) is 37.5 Å². The molecule has 19 heavy (non-hydrogen) atoms. The molecule has 0 amide bonds. The molecule has 1 aromatic carbocycles. The molecule has 0 bridgehead atoms. The fourth-order valence-electron chi connectivity index (χ4n) is 2.11. The molecule has 0 fully saturated rings. The van der Waals surface area contributed by atoms with E-state index in [0.29, 0.717) is 6.61 Å². The number of hydrogen-bond donors (Lipinski definition) is 1. The van der Waals surface area contributed by atoms with Crippen molar-refractivity contribution in [2.75, 3.05) is 6.61 Å². The molecule has 0 aliphatic heterocycles. The Morgan fingerprint density at radius 3 is 2.37 bits per heavy atom. The predicted octanol–water partition coefficient (Wildman–Crippen LogP) is 3.27. The first-order chi connectivity index (χ1) is 8.79. The predicted molar refractivity (Wildman–Crippen MR) is 78.4 cm³/mol. The van der Waals surface area contributed by atoms with Crippen molar-refractivity contribution in [3.8, 4) is 11.8 Å². The average molecular weight is 260 g/mol. The Bertz CT molecular complexity index is 488. The van der Waals surface area contributed by atoms with Crippen molar-refractivity contribution in [1.29, 1.82) is 5.26 Å². The van der Waals surface area contributed by atoms with Gasteiger partial charge in [0.1, 0.15) is 17.9 Å². The SMILES string of the molecule is Cc1ccc(C)c(OCC(C)(C#N)NC(C)C)c1C. The Balaban J connectivity index is 2.87. The zero-order chi connectivity index (χ0) is 14.6. The van der Waals surface area contributed by atoms with E-state index in [1.54, 1.807) is 0 Å². The fourth-order valence-corrected chi connectivity index (χ4v) is 2.11. The lowest BCUT2D eigenvalue weighted by Crippen LogP contribution is -2.49. The minimum absolute atomic E-state index is 0.243. The van der Waals surface area contributed by atoms with Crippen LogP contribution in [0.3, 0.4) is 0 Å². The van der Waals surface area contributed by atoms with Gasteiger partial charge in [0.2, 0.25) is 0 Å². The summed E-state index contributed by atoms with van der Waals surface area (Å²) >= 11 is 0. The Hall–Kier alpha value is -1.53. The highest BCUT2D eigenvalue weighted by atomic mass is 16.5. The van der Waals surface area contributed by atoms with Crippen molar-refractivity contribution < 1.29 is 4.74 Å². The lowest BCUT2D eigenvalue weighted by molar-refractivity contribution is 0.222. The second-order valence-electron chi connectivity index (χ2n) is 5.69. The monoisotopic (exact) mass is 260 g/mol. The van der Waals surface area contributed by atoms with Gasteiger partial charge in [-0.1, -0.05) is 12.1 Å². The number of hydrogen-bond acceptors (Lipinski definition) is 3. The van der Waals surface area contributed by atoms with Crippen molar-refractivity contribution >= 4 is 0 Å². The van der Waals surface area contributed by atoms with Gasteiger partial charge in [-0.25, -0.2) is 0 Å². The largest absolute Gasteiger partial charge is 0.490 e. The summed E-state index contributed by atoms with van der Waals surface area (Å²) in [5.41, 5.74) is 2.78. The molecular formula is C16H24N2O. The van der Waals surface area contributed by atoms with E-state index in [0.717, 1.165) is 16.9 Å². The highest BCUT2D eigenvalue weighted by Gasteiger charge is 2.26. The van der Waals surface area contributed by atoms with Gasteiger partial charge in [0.25, 0.3) is 0 Å². The van der Waals surface area contributed by atoms with Crippen molar-refractivity contribution in [1.82, 2.24) is 5.32 Å². The summed E-state index contributed by atoms with van der Waals surface area (Å²) in [5, 5.41) is 12.6. The van der Waals surface area contributed by atoms with E-state index in [9.17, 15) is 5.26 Å². The van der Waals surface area contributed by atoms with Gasteiger partial charge in [-0.05, 0) is 58.2 Å². The molecule has 1 atom stereocenters. The van der Waals surface area contributed by atoms with Crippen LogP contribution in [-0.2, 0) is 0 Å². The summed E-state index contributed by atoms with van der Waals surface area (Å²) in [7, 11) is 0. The maximum absolute atomic E-state index is 9.31. The van der Waals surface area contributed by atoms with Gasteiger partial charge >= 0.3 is 0 Å². The molecule has 0 aliphatic rings. The smallest absolute Gasteiger partial charge is 0.138 e. The number of nitrogens with one attached hydrogen (secondary N) is 1. The van der Waals surface area contributed by atoms with Gasteiger partial charge in [-0.15, -0.1) is 0 Å². The van der Waals surface area contributed by atoms with Crippen LogP contribution >= 0.6 is 0 Å². The molecule has 0 aromatic heterocycles. The quantitative estimate of drug-likeness (QED) is 0.883. The first-order valence-electron chi connectivity index (χ1n) is 6.67. The van der Waals surface area contributed by atoms with Crippen LogP contribution in [0, 0.1) is 32.1 Å². The molecule has 3 heteroatoms. The van der Waals surface area contributed by atoms with E-state index in [1.165, 1.54) is 5.56 Å². The fraction of sp³-hybridized carbons (Fsp3) is 0.562. The standard InChI is InChI=1S/C16H24N2O/c1-11(2)18-16(6,9-17)10-19-15-13(4)8-7-12(3)14(15)5/h7-8,11,18H,10H2,1-6H3. The van der Waals surface area contributed by atoms with Crippen LogP contribution in [0.5, 0.6) is 5.75 Å². The Morgan fingerprint density at radius 1 is 1.26 bits per heavy atom. The third-order valence-corrected chi connectivity index (χ3v) is 3.23. The van der Waals surface area contributed by atoms with Gasteiger partial charge in [-0.2, -0.15) is 5.26 Å². The third-order valence-electron chi connectivity index (χ3n) is 3.23. The van der Waals surface area contributed by atoms with Crippen LogP contribution in [0.4, 0.5) is 0 Å². The second-order valence-corrected chi connectivity index (χ2v) is 5.69. The topological polar surface area (TPSA) is 45.0 Å². The summed E-state index contributed by atoms with van der Waals surface area (Å²) in [5.74, 6) is 0.895. The average Bonchev–Trinajstić information content (AvgIpc) is 2.33. The van der Waals surface area contributed by atoms with E-state index in [-0.39, 0.29) is 6.04 Å². The Labute approximate surface area is 116 Å². The number of nitriles is 1. The second kappa shape index (κ2) is 6.08. The van der Waals surface area contributed by atoms with E-state index in [2.05, 4.69) is 37.4 Å². The summed E-state index contributed by atoms with van der Waals surface area (Å²) in [6.07, 6.45) is 0. The first kappa shape index (κ1) is 15.5. The van der Waals surface area contributed by atoms with Crippen LogP contribution in [0.15, 0.2) is 12.1 Å². The molecule has 0 heterocycles. The minimum Gasteiger partial charge on any atom is -0.490 e. The molecule has 1 rings (SSSR count). The molecule has 3 nitrogen and oxygen atoms in total. The molecule has 0 spiro atoms. The lowest BCUT2D eigenvalue weighted by Gasteiger charge is -2.27. The molecule has 0 saturated heterocycles. The molecule has 1 N–H and O–H groups in total. The number of ether oxygens (including phenoxy) is 1. The molecule has 0 radical (unpaired) electrons. The molecule has 1 aromatic rings. The minimum atomic E-state index is -0.670. The van der Waals surface area contributed by atoms with Crippen molar-refractivity contribution in [2.24, 2.45) is 0 Å². The van der Waals surface area contributed by atoms with Gasteiger partial charge in [0, 0.05) is 6.04 Å². The number of aryl methyl sites for hydroxylation is 2. The van der Waals surface area contributed by atoms with Crippen molar-refractivity contribution in [3.63, 3.8) is 0 Å². The zero-order valence-corrected chi connectivity index (χ0v) is 12.8. The van der Waals surface area contributed by atoms with Gasteiger partial charge in [0.15, 0.2) is 0 Å². The normalized spacial score (nSPS) is 14.0. The van der Waals surface area contributed by atoms with Gasteiger partial charge in [-0.3, -0.25) is 5.32 Å². The molecule has 104 valence electrons. The van der Waals surface area contributed by atoms with E-state index in [1.807, 2.05) is 27.7 Å². The third kappa shape index (κ3) is 3.97. The van der Waals surface area contributed by atoms with Crippen molar-refractivity contribution in [3.05, 3.63) is 28.8 Å². The number of rotatable bonds is 5. The molecule has 0 aliphatic carbocycles.